The first-order valence-corrected chi connectivity index (χ1v) is 13.6. The van der Waals surface area contributed by atoms with Crippen LogP contribution < -0.4 is 10.2 Å². The normalized spacial score (nSPS) is 13.3. The third kappa shape index (κ3) is 7.09. The molecule has 2 heterocycles. The van der Waals surface area contributed by atoms with E-state index < -0.39 is 4.92 Å². The van der Waals surface area contributed by atoms with Gasteiger partial charge in [-0.3, -0.25) is 14.9 Å². The topological polar surface area (TPSA) is 121 Å². The second-order valence-corrected chi connectivity index (χ2v) is 9.98. The summed E-state index contributed by atoms with van der Waals surface area (Å²) in [5, 5.41) is 16.3. The van der Waals surface area contributed by atoms with E-state index in [4.69, 9.17) is 4.74 Å². The second-order valence-electron chi connectivity index (χ2n) is 9.03. The van der Waals surface area contributed by atoms with E-state index in [0.29, 0.717) is 50.0 Å². The molecular formula is C27H32N6O5S. The molecule has 39 heavy (non-hydrogen) atoms. The Labute approximate surface area is 231 Å². The van der Waals surface area contributed by atoms with Gasteiger partial charge in [0.05, 0.1) is 18.1 Å². The third-order valence-corrected chi connectivity index (χ3v) is 7.42. The van der Waals surface area contributed by atoms with Crippen LogP contribution in [0.1, 0.15) is 28.0 Å². The van der Waals surface area contributed by atoms with Gasteiger partial charge in [0.25, 0.3) is 11.6 Å². The van der Waals surface area contributed by atoms with E-state index in [2.05, 4.69) is 15.2 Å². The van der Waals surface area contributed by atoms with Crippen LogP contribution >= 0.6 is 11.3 Å². The standard InChI is InChI=1S/C27H32N6O5S/c1-3-20-6-4-5-7-23(20)29-27(35)32(16-17-38-2)18-25-28-24(19-39-25)26(34)31-14-12-30(13-15-31)21-8-10-22(11-9-21)33(36)37/h4-11,19H,3,12-18H2,1-2H3,(H,29,35). The van der Waals surface area contributed by atoms with Gasteiger partial charge >= 0.3 is 6.03 Å². The van der Waals surface area contributed by atoms with Crippen LogP contribution in [-0.2, 0) is 17.7 Å². The number of rotatable bonds is 10. The summed E-state index contributed by atoms with van der Waals surface area (Å²) in [4.78, 5) is 46.8. The number of hydrogen-bond acceptors (Lipinski definition) is 8. The van der Waals surface area contributed by atoms with Crippen molar-refractivity contribution >= 4 is 40.3 Å². The molecule has 0 saturated carbocycles. The fourth-order valence-corrected chi connectivity index (χ4v) is 5.14. The molecular weight excluding hydrogens is 520 g/mol. The van der Waals surface area contributed by atoms with Crippen molar-refractivity contribution in [2.45, 2.75) is 19.9 Å². The van der Waals surface area contributed by atoms with Crippen LogP contribution in [0.3, 0.4) is 0 Å². The number of nitro benzene ring substituents is 1. The average Bonchev–Trinajstić information content (AvgIpc) is 3.44. The number of piperazine rings is 1. The Kier molecular flexibility index (Phi) is 9.45. The first-order chi connectivity index (χ1) is 18.9. The van der Waals surface area contributed by atoms with Gasteiger partial charge in [0.1, 0.15) is 10.7 Å². The number of aryl methyl sites for hydroxylation is 1. The van der Waals surface area contributed by atoms with Gasteiger partial charge in [-0.2, -0.15) is 0 Å². The number of benzene rings is 2. The number of ether oxygens (including phenoxy) is 1. The highest BCUT2D eigenvalue weighted by atomic mass is 32.1. The van der Waals surface area contributed by atoms with Crippen molar-refractivity contribution in [2.75, 3.05) is 56.7 Å². The first kappa shape index (κ1) is 28.0. The van der Waals surface area contributed by atoms with E-state index >= 15 is 0 Å². The van der Waals surface area contributed by atoms with Crippen LogP contribution in [0.25, 0.3) is 0 Å². The summed E-state index contributed by atoms with van der Waals surface area (Å²) >= 11 is 1.35. The monoisotopic (exact) mass is 552 g/mol. The molecule has 1 saturated heterocycles. The fourth-order valence-electron chi connectivity index (χ4n) is 4.36. The van der Waals surface area contributed by atoms with Gasteiger partial charge in [0.15, 0.2) is 0 Å². The summed E-state index contributed by atoms with van der Waals surface area (Å²) < 4.78 is 5.20. The van der Waals surface area contributed by atoms with E-state index in [1.54, 1.807) is 34.4 Å². The molecule has 1 N–H and O–H groups in total. The van der Waals surface area contributed by atoms with Gasteiger partial charge in [-0.1, -0.05) is 25.1 Å². The predicted octanol–water partition coefficient (Wildman–Crippen LogP) is 4.26. The van der Waals surface area contributed by atoms with Crippen molar-refractivity contribution in [2.24, 2.45) is 0 Å². The number of non-ortho nitro benzene ring substituents is 1. The molecule has 0 radical (unpaired) electrons. The van der Waals surface area contributed by atoms with Gasteiger partial charge in [-0.25, -0.2) is 9.78 Å². The summed E-state index contributed by atoms with van der Waals surface area (Å²) in [5.74, 6) is -0.148. The lowest BCUT2D eigenvalue weighted by molar-refractivity contribution is -0.384. The van der Waals surface area contributed by atoms with Crippen molar-refractivity contribution in [1.82, 2.24) is 14.8 Å². The van der Waals surface area contributed by atoms with E-state index in [0.717, 1.165) is 23.4 Å². The zero-order valence-electron chi connectivity index (χ0n) is 22.0. The third-order valence-electron chi connectivity index (χ3n) is 6.58. The largest absolute Gasteiger partial charge is 0.383 e. The summed E-state index contributed by atoms with van der Waals surface area (Å²) in [6, 6.07) is 13.9. The molecule has 0 atom stereocenters. The maximum absolute atomic E-state index is 13.1. The minimum atomic E-state index is -0.419. The summed E-state index contributed by atoms with van der Waals surface area (Å²) in [5.41, 5.74) is 3.13. The minimum absolute atomic E-state index is 0.0518. The van der Waals surface area contributed by atoms with Gasteiger partial charge in [0.2, 0.25) is 0 Å². The maximum atomic E-state index is 13.1. The highest BCUT2D eigenvalue weighted by Crippen LogP contribution is 2.22. The van der Waals surface area contributed by atoms with Crippen LogP contribution in [0.2, 0.25) is 0 Å². The lowest BCUT2D eigenvalue weighted by atomic mass is 10.1. The second kappa shape index (κ2) is 13.2. The van der Waals surface area contributed by atoms with Crippen molar-refractivity contribution in [1.29, 1.82) is 0 Å². The number of aromatic nitrogens is 1. The molecule has 0 aliphatic carbocycles. The summed E-state index contributed by atoms with van der Waals surface area (Å²) in [7, 11) is 1.59. The number of carbonyl (C=O) groups excluding carboxylic acids is 2. The molecule has 1 aliphatic heterocycles. The fraction of sp³-hybridized carbons (Fsp3) is 0.370. The van der Waals surface area contributed by atoms with Gasteiger partial charge in [-0.15, -0.1) is 11.3 Å². The highest BCUT2D eigenvalue weighted by molar-refractivity contribution is 7.09. The van der Waals surface area contributed by atoms with E-state index in [1.165, 1.54) is 23.5 Å². The van der Waals surface area contributed by atoms with Crippen LogP contribution in [0, 0.1) is 10.1 Å². The molecule has 4 rings (SSSR count). The Morgan fingerprint density at radius 1 is 1.13 bits per heavy atom. The molecule has 2 aromatic carbocycles. The number of thiazole rings is 1. The molecule has 12 heteroatoms. The van der Waals surface area contributed by atoms with Crippen molar-refractivity contribution < 1.29 is 19.2 Å². The molecule has 1 aliphatic rings. The SMILES string of the molecule is CCc1ccccc1NC(=O)N(CCOC)Cc1nc(C(=O)N2CCN(c3ccc([N+](=O)[O-])cc3)CC2)cs1. The molecule has 11 nitrogen and oxygen atoms in total. The highest BCUT2D eigenvalue weighted by Gasteiger charge is 2.25. The van der Waals surface area contributed by atoms with Crippen LogP contribution in [-0.4, -0.2) is 78.1 Å². The Bertz CT molecular complexity index is 1290. The van der Waals surface area contributed by atoms with Crippen molar-refractivity contribution in [3.63, 3.8) is 0 Å². The molecule has 0 spiro atoms. The Balaban J connectivity index is 1.35. The smallest absolute Gasteiger partial charge is 0.322 e. The summed E-state index contributed by atoms with van der Waals surface area (Å²) in [6.07, 6.45) is 0.800. The number of carbonyl (C=O) groups is 2. The lowest BCUT2D eigenvalue weighted by Crippen LogP contribution is -2.48. The van der Waals surface area contributed by atoms with E-state index in [9.17, 15) is 19.7 Å². The molecule has 0 unspecified atom stereocenters. The quantitative estimate of drug-likeness (QED) is 0.295. The van der Waals surface area contributed by atoms with E-state index in [-0.39, 0.29) is 24.2 Å². The number of nitrogens with zero attached hydrogens (tertiary/aromatic N) is 5. The van der Waals surface area contributed by atoms with Crippen molar-refractivity contribution in [3.05, 3.63) is 80.3 Å². The number of nitro groups is 1. The zero-order chi connectivity index (χ0) is 27.8. The number of amides is 3. The minimum Gasteiger partial charge on any atom is -0.383 e. The lowest BCUT2D eigenvalue weighted by Gasteiger charge is -2.35. The Morgan fingerprint density at radius 3 is 2.51 bits per heavy atom. The Morgan fingerprint density at radius 2 is 1.85 bits per heavy atom. The predicted molar refractivity (Wildman–Crippen MR) is 150 cm³/mol. The van der Waals surface area contributed by atoms with Crippen LogP contribution in [0.15, 0.2) is 53.9 Å². The molecule has 3 amide bonds. The molecule has 206 valence electrons. The van der Waals surface area contributed by atoms with Gasteiger partial charge in [0, 0.05) is 68.7 Å². The molecule has 3 aromatic rings. The zero-order valence-corrected chi connectivity index (χ0v) is 22.9. The van der Waals surface area contributed by atoms with Gasteiger partial charge < -0.3 is 24.8 Å². The molecule has 1 aromatic heterocycles. The van der Waals surface area contributed by atoms with Crippen molar-refractivity contribution in [3.8, 4) is 0 Å². The molecule has 0 bridgehead atoms. The average molecular weight is 553 g/mol. The Hall–Kier alpha value is -4.03. The maximum Gasteiger partial charge on any atom is 0.322 e. The number of urea groups is 1. The summed E-state index contributed by atoms with van der Waals surface area (Å²) in [6.45, 7) is 5.31. The number of nitrogens with one attached hydrogen (secondary N) is 1. The number of para-hydroxylation sites is 1. The molecule has 1 fully saturated rings. The van der Waals surface area contributed by atoms with Gasteiger partial charge in [-0.05, 0) is 30.2 Å². The van der Waals surface area contributed by atoms with E-state index in [1.807, 2.05) is 31.2 Å². The number of hydrogen-bond donors (Lipinski definition) is 1. The number of methoxy groups -OCH3 is 1. The van der Waals surface area contributed by atoms with Crippen LogP contribution in [0.4, 0.5) is 21.9 Å². The number of anilines is 2. The van der Waals surface area contributed by atoms with Crippen LogP contribution in [0.5, 0.6) is 0 Å². The first-order valence-electron chi connectivity index (χ1n) is 12.8.